The normalized spacial score (nSPS) is 17.0. The van der Waals surface area contributed by atoms with Crippen molar-refractivity contribution in [2.75, 3.05) is 6.54 Å². The highest BCUT2D eigenvalue weighted by Gasteiger charge is 2.33. The van der Waals surface area contributed by atoms with Crippen molar-refractivity contribution < 1.29 is 9.32 Å². The second kappa shape index (κ2) is 6.36. The van der Waals surface area contributed by atoms with Crippen molar-refractivity contribution in [3.63, 3.8) is 0 Å². The maximum atomic E-state index is 12.8. The summed E-state index contributed by atoms with van der Waals surface area (Å²) in [5.41, 5.74) is 2.86. The summed E-state index contributed by atoms with van der Waals surface area (Å²) >= 11 is 0. The molecule has 1 aliphatic heterocycles. The predicted octanol–water partition coefficient (Wildman–Crippen LogP) is 2.46. The van der Waals surface area contributed by atoms with E-state index in [1.807, 2.05) is 31.9 Å². The van der Waals surface area contributed by atoms with E-state index in [1.165, 1.54) is 0 Å². The van der Waals surface area contributed by atoms with Gasteiger partial charge in [0, 0.05) is 26.0 Å². The van der Waals surface area contributed by atoms with Crippen molar-refractivity contribution in [2.45, 2.75) is 32.7 Å². The highest BCUT2D eigenvalue weighted by Crippen LogP contribution is 2.33. The summed E-state index contributed by atoms with van der Waals surface area (Å²) in [4.78, 5) is 28.0. The lowest BCUT2D eigenvalue weighted by atomic mass is 10.1. The van der Waals surface area contributed by atoms with Crippen LogP contribution in [0.2, 0.25) is 0 Å². The fourth-order valence-electron chi connectivity index (χ4n) is 3.47. The van der Waals surface area contributed by atoms with Gasteiger partial charge in [0.25, 0.3) is 5.91 Å². The molecule has 4 rings (SSSR count). The molecule has 0 spiro atoms. The first-order chi connectivity index (χ1) is 12.5. The van der Waals surface area contributed by atoms with Gasteiger partial charge in [-0.15, -0.1) is 0 Å². The van der Waals surface area contributed by atoms with Gasteiger partial charge in [0.05, 0.1) is 29.3 Å². The van der Waals surface area contributed by atoms with Crippen LogP contribution in [0.25, 0.3) is 11.4 Å². The molecule has 3 aromatic heterocycles. The molecular formula is C18H20N6O2. The van der Waals surface area contributed by atoms with E-state index in [0.29, 0.717) is 23.8 Å². The number of aromatic nitrogens is 5. The first-order valence-corrected chi connectivity index (χ1v) is 8.59. The van der Waals surface area contributed by atoms with Crippen LogP contribution in [0, 0.1) is 13.8 Å². The van der Waals surface area contributed by atoms with Gasteiger partial charge >= 0.3 is 0 Å². The molecular weight excluding hydrogens is 332 g/mol. The van der Waals surface area contributed by atoms with E-state index >= 15 is 0 Å². The van der Waals surface area contributed by atoms with Crippen molar-refractivity contribution in [1.29, 1.82) is 0 Å². The van der Waals surface area contributed by atoms with Gasteiger partial charge in [-0.3, -0.25) is 4.79 Å². The third kappa shape index (κ3) is 2.77. The average molecular weight is 352 g/mol. The van der Waals surface area contributed by atoms with E-state index in [4.69, 9.17) is 9.51 Å². The van der Waals surface area contributed by atoms with E-state index in [2.05, 4.69) is 15.1 Å². The smallest absolute Gasteiger partial charge is 0.274 e. The molecule has 0 N–H and O–H groups in total. The maximum absolute atomic E-state index is 12.8. The molecule has 0 aromatic carbocycles. The monoisotopic (exact) mass is 352 g/mol. The summed E-state index contributed by atoms with van der Waals surface area (Å²) in [5.74, 6) is 1.20. The first kappa shape index (κ1) is 16.4. The molecule has 1 atom stereocenters. The average Bonchev–Trinajstić information content (AvgIpc) is 3.35. The molecule has 26 heavy (non-hydrogen) atoms. The number of nitrogens with zero attached hydrogens (tertiary/aromatic N) is 6. The van der Waals surface area contributed by atoms with Crippen LogP contribution >= 0.6 is 0 Å². The lowest BCUT2D eigenvalue weighted by Crippen LogP contribution is -2.31. The Hall–Kier alpha value is -3.03. The van der Waals surface area contributed by atoms with E-state index in [0.717, 1.165) is 29.8 Å². The summed E-state index contributed by atoms with van der Waals surface area (Å²) < 4.78 is 7.01. The molecule has 0 saturated carbocycles. The molecule has 134 valence electrons. The molecule has 1 amide bonds. The Bertz CT molecular complexity index is 941. The molecule has 8 heteroatoms. The van der Waals surface area contributed by atoms with Crippen molar-refractivity contribution in [1.82, 2.24) is 29.6 Å². The lowest BCUT2D eigenvalue weighted by Gasteiger charge is -2.23. The molecule has 1 unspecified atom stereocenters. The molecule has 4 heterocycles. The Labute approximate surface area is 150 Å². The van der Waals surface area contributed by atoms with Crippen molar-refractivity contribution in [3.8, 4) is 11.4 Å². The van der Waals surface area contributed by atoms with Crippen molar-refractivity contribution in [3.05, 3.63) is 47.6 Å². The minimum atomic E-state index is -0.0771. The number of carbonyl (C=O) groups excluding carboxylic acids is 1. The number of rotatable bonds is 3. The Morgan fingerprint density at radius 1 is 1.31 bits per heavy atom. The van der Waals surface area contributed by atoms with Crippen molar-refractivity contribution in [2.24, 2.45) is 7.05 Å². The Morgan fingerprint density at radius 3 is 2.85 bits per heavy atom. The quantitative estimate of drug-likeness (QED) is 0.719. The highest BCUT2D eigenvalue weighted by atomic mass is 16.5. The van der Waals surface area contributed by atoms with Crippen LogP contribution in [0.15, 0.2) is 29.3 Å². The van der Waals surface area contributed by atoms with Gasteiger partial charge in [-0.1, -0.05) is 5.16 Å². The number of hydrogen-bond donors (Lipinski definition) is 0. The molecule has 0 aliphatic carbocycles. The van der Waals surface area contributed by atoms with Crippen LogP contribution in [-0.4, -0.2) is 42.0 Å². The molecule has 1 aliphatic rings. The fraction of sp³-hybridized carbons (Fsp3) is 0.389. The summed E-state index contributed by atoms with van der Waals surface area (Å²) in [7, 11) is 1.85. The number of imidazole rings is 1. The number of carbonyl (C=O) groups is 1. The van der Waals surface area contributed by atoms with Crippen molar-refractivity contribution >= 4 is 5.91 Å². The third-order valence-electron chi connectivity index (χ3n) is 4.71. The van der Waals surface area contributed by atoms with Crippen LogP contribution in [0.5, 0.6) is 0 Å². The molecule has 0 bridgehead atoms. The van der Waals surface area contributed by atoms with Gasteiger partial charge in [-0.25, -0.2) is 15.0 Å². The van der Waals surface area contributed by atoms with Crippen LogP contribution < -0.4 is 0 Å². The zero-order valence-electron chi connectivity index (χ0n) is 15.0. The topological polar surface area (TPSA) is 89.9 Å². The molecule has 0 radical (unpaired) electrons. The summed E-state index contributed by atoms with van der Waals surface area (Å²) in [6.45, 7) is 4.41. The molecule has 1 saturated heterocycles. The Morgan fingerprint density at radius 2 is 2.15 bits per heavy atom. The molecule has 3 aromatic rings. The standard InChI is InChI=1S/C18H20N6O2/c1-11-16(12(2)26-22-11)17-19-7-6-13(21-17)15-5-4-8-24(15)18(25)14-9-23(3)10-20-14/h6-7,9-10,15H,4-5,8H2,1-3H3. The van der Waals surface area contributed by atoms with Crippen LogP contribution in [-0.2, 0) is 7.05 Å². The number of hydrogen-bond acceptors (Lipinski definition) is 6. The van der Waals surface area contributed by atoms with Gasteiger partial charge in [0.15, 0.2) is 5.82 Å². The zero-order chi connectivity index (χ0) is 18.3. The third-order valence-corrected chi connectivity index (χ3v) is 4.71. The largest absolute Gasteiger partial charge is 0.361 e. The van der Waals surface area contributed by atoms with Crippen LogP contribution in [0.1, 0.15) is 46.5 Å². The number of aryl methyl sites for hydroxylation is 3. The van der Waals surface area contributed by atoms with E-state index in [1.54, 1.807) is 23.3 Å². The Kier molecular flexibility index (Phi) is 4.02. The van der Waals surface area contributed by atoms with Gasteiger partial charge in [-0.2, -0.15) is 0 Å². The Balaban J connectivity index is 1.66. The summed E-state index contributed by atoms with van der Waals surface area (Å²) in [6.07, 6.45) is 6.92. The first-order valence-electron chi connectivity index (χ1n) is 8.59. The summed E-state index contributed by atoms with van der Waals surface area (Å²) in [5, 5.41) is 3.97. The second-order valence-corrected chi connectivity index (χ2v) is 6.59. The number of likely N-dealkylation sites (tertiary alicyclic amines) is 1. The van der Waals surface area contributed by atoms with E-state index in [-0.39, 0.29) is 11.9 Å². The van der Waals surface area contributed by atoms with Gasteiger partial charge in [-0.05, 0) is 32.8 Å². The molecule has 8 nitrogen and oxygen atoms in total. The van der Waals surface area contributed by atoms with E-state index in [9.17, 15) is 4.79 Å². The predicted molar refractivity (Wildman–Crippen MR) is 93.2 cm³/mol. The minimum absolute atomic E-state index is 0.0643. The van der Waals surface area contributed by atoms with Gasteiger partial charge in [0.2, 0.25) is 0 Å². The lowest BCUT2D eigenvalue weighted by molar-refractivity contribution is 0.0727. The van der Waals surface area contributed by atoms with Crippen LogP contribution in [0.4, 0.5) is 0 Å². The maximum Gasteiger partial charge on any atom is 0.274 e. The molecule has 1 fully saturated rings. The zero-order valence-corrected chi connectivity index (χ0v) is 15.0. The second-order valence-electron chi connectivity index (χ2n) is 6.59. The number of amides is 1. The highest BCUT2D eigenvalue weighted by molar-refractivity contribution is 5.92. The van der Waals surface area contributed by atoms with Crippen LogP contribution in [0.3, 0.4) is 0 Å². The fourth-order valence-corrected chi connectivity index (χ4v) is 3.47. The van der Waals surface area contributed by atoms with Gasteiger partial charge in [0.1, 0.15) is 11.5 Å². The minimum Gasteiger partial charge on any atom is -0.361 e. The van der Waals surface area contributed by atoms with Gasteiger partial charge < -0.3 is 14.0 Å². The van der Waals surface area contributed by atoms with E-state index < -0.39 is 0 Å². The SMILES string of the molecule is Cc1noc(C)c1-c1nccc(C2CCCN2C(=O)c2cn(C)cn2)n1. The summed E-state index contributed by atoms with van der Waals surface area (Å²) in [6, 6.07) is 1.79.